The third-order valence-corrected chi connectivity index (χ3v) is 2.89. The second kappa shape index (κ2) is 5.29. The van der Waals surface area contributed by atoms with Gasteiger partial charge in [-0.15, -0.1) is 11.6 Å². The van der Waals surface area contributed by atoms with Crippen molar-refractivity contribution in [3.8, 4) is 0 Å². The Balaban J connectivity index is 2.10. The summed E-state index contributed by atoms with van der Waals surface area (Å²) in [6, 6.07) is 7.32. The number of nitrogens with zero attached hydrogens (tertiary/aromatic N) is 2. The summed E-state index contributed by atoms with van der Waals surface area (Å²) in [5.74, 6) is -0.357. The fourth-order valence-electron chi connectivity index (χ4n) is 1.31. The molecule has 1 unspecified atom stereocenters. The molecule has 2 rings (SSSR count). The van der Waals surface area contributed by atoms with Gasteiger partial charge >= 0.3 is 0 Å². The van der Waals surface area contributed by atoms with Crippen molar-refractivity contribution in [2.45, 2.75) is 11.9 Å². The summed E-state index contributed by atoms with van der Waals surface area (Å²) in [7, 11) is 0. The molecule has 1 aromatic carbocycles. The summed E-state index contributed by atoms with van der Waals surface area (Å²) >= 11 is 11.6. The lowest BCUT2D eigenvalue weighted by molar-refractivity contribution is -0.119. The zero-order valence-corrected chi connectivity index (χ0v) is 10.2. The molecule has 0 saturated carbocycles. The van der Waals surface area contributed by atoms with E-state index in [0.717, 1.165) is 5.56 Å². The molecule has 1 aliphatic heterocycles. The van der Waals surface area contributed by atoms with Gasteiger partial charge in [0.15, 0.2) is 5.38 Å². The Morgan fingerprint density at radius 3 is 2.76 bits per heavy atom. The number of hydrogen-bond donors (Lipinski definition) is 1. The largest absolute Gasteiger partial charge is 0.281 e. The van der Waals surface area contributed by atoms with Crippen LogP contribution in [0.4, 0.5) is 0 Å². The molecule has 17 heavy (non-hydrogen) atoms. The van der Waals surface area contributed by atoms with E-state index in [-0.39, 0.29) is 5.91 Å². The second-order valence-corrected chi connectivity index (χ2v) is 4.34. The number of hydrogen-bond acceptors (Lipinski definition) is 3. The van der Waals surface area contributed by atoms with Gasteiger partial charge in [0.05, 0.1) is 18.5 Å². The molecule has 88 valence electrons. The van der Waals surface area contributed by atoms with Crippen molar-refractivity contribution in [1.82, 2.24) is 5.43 Å². The van der Waals surface area contributed by atoms with Crippen LogP contribution in [0.15, 0.2) is 34.4 Å². The van der Waals surface area contributed by atoms with E-state index in [4.69, 9.17) is 23.2 Å². The molecular formula is C11H9Cl2N3O. The number of amides is 1. The lowest BCUT2D eigenvalue weighted by atomic mass is 10.2. The van der Waals surface area contributed by atoms with Gasteiger partial charge in [-0.1, -0.05) is 23.7 Å². The number of benzene rings is 1. The van der Waals surface area contributed by atoms with Crippen LogP contribution in [0, 0.1) is 0 Å². The van der Waals surface area contributed by atoms with Gasteiger partial charge in [0.1, 0.15) is 0 Å². The van der Waals surface area contributed by atoms with E-state index in [9.17, 15) is 4.79 Å². The van der Waals surface area contributed by atoms with Crippen LogP contribution in [0.3, 0.4) is 0 Å². The number of alkyl halides is 1. The van der Waals surface area contributed by atoms with Gasteiger partial charge in [0.2, 0.25) is 0 Å². The maximum Gasteiger partial charge on any atom is 0.264 e. The van der Waals surface area contributed by atoms with E-state index >= 15 is 0 Å². The van der Waals surface area contributed by atoms with Gasteiger partial charge in [-0.25, -0.2) is 5.43 Å². The Bertz CT molecular complexity index is 482. The van der Waals surface area contributed by atoms with Crippen LogP contribution < -0.4 is 5.43 Å². The first kappa shape index (κ1) is 12.1. The number of nitrogens with one attached hydrogen (secondary N) is 1. The average molecular weight is 270 g/mol. The van der Waals surface area contributed by atoms with Gasteiger partial charge < -0.3 is 0 Å². The lowest BCUT2D eigenvalue weighted by Gasteiger charge is -2.12. The van der Waals surface area contributed by atoms with E-state index in [1.165, 1.54) is 6.21 Å². The normalized spacial score (nSPS) is 21.6. The fraction of sp³-hybridized carbons (Fsp3) is 0.182. The van der Waals surface area contributed by atoms with Crippen LogP contribution in [0.1, 0.15) is 5.56 Å². The molecule has 6 heteroatoms. The minimum absolute atomic E-state index is 0.357. The number of carbonyl (C=O) groups excluding carboxylic acids is 1. The smallest absolute Gasteiger partial charge is 0.264 e. The second-order valence-electron chi connectivity index (χ2n) is 3.46. The molecule has 1 amide bonds. The highest BCUT2D eigenvalue weighted by Crippen LogP contribution is 2.11. The highest BCUT2D eigenvalue weighted by Gasteiger charge is 2.23. The molecular weight excluding hydrogens is 261 g/mol. The molecule has 1 atom stereocenters. The Hall–Kier alpha value is -1.39. The molecule has 1 aliphatic rings. The summed E-state index contributed by atoms with van der Waals surface area (Å²) in [6.45, 7) is 0.440. The Morgan fingerprint density at radius 2 is 2.06 bits per heavy atom. The first-order valence-electron chi connectivity index (χ1n) is 4.92. The van der Waals surface area contributed by atoms with Crippen molar-refractivity contribution in [3.63, 3.8) is 0 Å². The van der Waals surface area contributed by atoms with Gasteiger partial charge in [0.25, 0.3) is 5.91 Å². The van der Waals surface area contributed by atoms with E-state index in [1.807, 2.05) is 12.1 Å². The molecule has 4 nitrogen and oxygen atoms in total. The van der Waals surface area contributed by atoms with Crippen LogP contribution in [0.5, 0.6) is 0 Å². The summed E-state index contributed by atoms with van der Waals surface area (Å²) in [6.07, 6.45) is 1.45. The van der Waals surface area contributed by atoms with Crippen molar-refractivity contribution in [2.75, 3.05) is 0 Å². The SMILES string of the molecule is O=C1NN=CC(=NCc2ccc(Cl)cc2)C1Cl. The molecule has 0 spiro atoms. The van der Waals surface area contributed by atoms with Crippen molar-refractivity contribution in [3.05, 3.63) is 34.9 Å². The molecule has 1 N–H and O–H groups in total. The highest BCUT2D eigenvalue weighted by molar-refractivity contribution is 6.54. The third kappa shape index (κ3) is 3.05. The predicted octanol–water partition coefficient (Wildman–Crippen LogP) is 2.00. The van der Waals surface area contributed by atoms with Gasteiger partial charge in [-0.2, -0.15) is 5.10 Å². The maximum absolute atomic E-state index is 11.2. The lowest BCUT2D eigenvalue weighted by Crippen LogP contribution is -2.39. The van der Waals surface area contributed by atoms with E-state index in [1.54, 1.807) is 12.1 Å². The van der Waals surface area contributed by atoms with Crippen LogP contribution in [-0.4, -0.2) is 23.2 Å². The molecule has 0 aliphatic carbocycles. The molecule has 0 fully saturated rings. The number of halogens is 2. The average Bonchev–Trinajstić information content (AvgIpc) is 2.33. The zero-order valence-electron chi connectivity index (χ0n) is 8.73. The van der Waals surface area contributed by atoms with Crippen LogP contribution in [0.2, 0.25) is 5.02 Å². The first-order valence-corrected chi connectivity index (χ1v) is 5.74. The van der Waals surface area contributed by atoms with E-state index in [0.29, 0.717) is 17.3 Å². The van der Waals surface area contributed by atoms with Gasteiger partial charge in [-0.3, -0.25) is 9.79 Å². The highest BCUT2D eigenvalue weighted by atomic mass is 35.5. The van der Waals surface area contributed by atoms with Crippen molar-refractivity contribution in [1.29, 1.82) is 0 Å². The molecule has 0 saturated heterocycles. The standard InChI is InChI=1S/C11H9Cl2N3O/c12-8-3-1-7(2-4-8)5-14-9-6-15-16-11(17)10(9)13/h1-4,6,10H,5H2,(H,16,17). The van der Waals surface area contributed by atoms with Gasteiger partial charge in [-0.05, 0) is 17.7 Å². The third-order valence-electron chi connectivity index (χ3n) is 2.22. The first-order chi connectivity index (χ1) is 8.16. The van der Waals surface area contributed by atoms with Crippen molar-refractivity contribution in [2.24, 2.45) is 10.1 Å². The fourth-order valence-corrected chi connectivity index (χ4v) is 1.61. The summed E-state index contributed by atoms with van der Waals surface area (Å²) < 4.78 is 0. The van der Waals surface area contributed by atoms with Crippen LogP contribution >= 0.6 is 23.2 Å². The summed E-state index contributed by atoms with van der Waals surface area (Å²) in [5.41, 5.74) is 3.72. The number of hydrazone groups is 1. The summed E-state index contributed by atoms with van der Waals surface area (Å²) in [5, 5.41) is 3.55. The number of aliphatic imine (C=N–C) groups is 1. The van der Waals surface area contributed by atoms with Crippen LogP contribution in [-0.2, 0) is 11.3 Å². The molecule has 0 radical (unpaired) electrons. The quantitative estimate of drug-likeness (QED) is 0.821. The van der Waals surface area contributed by atoms with E-state index < -0.39 is 5.38 Å². The number of carbonyl (C=O) groups is 1. The predicted molar refractivity (Wildman–Crippen MR) is 68.9 cm³/mol. The van der Waals surface area contributed by atoms with Crippen molar-refractivity contribution < 1.29 is 4.79 Å². The monoisotopic (exact) mass is 269 g/mol. The van der Waals surface area contributed by atoms with Crippen molar-refractivity contribution >= 4 is 41.0 Å². The molecule has 1 aromatic rings. The van der Waals surface area contributed by atoms with Gasteiger partial charge in [0, 0.05) is 5.02 Å². The maximum atomic E-state index is 11.2. The number of rotatable bonds is 2. The van der Waals surface area contributed by atoms with Crippen LogP contribution in [0.25, 0.3) is 0 Å². The Morgan fingerprint density at radius 1 is 1.35 bits per heavy atom. The minimum atomic E-state index is -0.778. The van der Waals surface area contributed by atoms with E-state index in [2.05, 4.69) is 15.5 Å². The summed E-state index contributed by atoms with van der Waals surface area (Å²) in [4.78, 5) is 15.5. The Kier molecular flexibility index (Phi) is 3.76. The Labute approximate surface area is 108 Å². The minimum Gasteiger partial charge on any atom is -0.281 e. The molecule has 0 bridgehead atoms. The topological polar surface area (TPSA) is 53.8 Å². The molecule has 1 heterocycles. The zero-order chi connectivity index (χ0) is 12.3. The molecule has 0 aromatic heterocycles.